The molecular weight excluding hydrogens is 855 g/mol. The molecule has 4 aromatic carbocycles. The van der Waals surface area contributed by atoms with E-state index in [0.29, 0.717) is 42.5 Å². The van der Waals surface area contributed by atoms with E-state index >= 15 is 0 Å². The van der Waals surface area contributed by atoms with Gasteiger partial charge in [-0.1, -0.05) is 43.2 Å². The van der Waals surface area contributed by atoms with Crippen LogP contribution in [-0.2, 0) is 40.6 Å². The Hall–Kier alpha value is -6.42. The number of methoxy groups -OCH3 is 1. The van der Waals surface area contributed by atoms with Gasteiger partial charge in [0.15, 0.2) is 11.5 Å². The number of nitrogens with two attached hydrogens (primary N) is 1. The predicted molar refractivity (Wildman–Crippen MR) is 266 cm³/mol. The highest BCUT2D eigenvalue weighted by Crippen LogP contribution is 2.63. The van der Waals surface area contributed by atoms with Crippen molar-refractivity contribution in [2.24, 2.45) is 5.92 Å². The summed E-state index contributed by atoms with van der Waals surface area (Å²) >= 11 is 0. The van der Waals surface area contributed by atoms with E-state index < -0.39 is 17.4 Å². The highest BCUT2D eigenvalue weighted by Gasteiger charge is 2.52. The maximum atomic E-state index is 12.6. The van der Waals surface area contributed by atoms with Crippen molar-refractivity contribution in [2.75, 3.05) is 58.5 Å². The van der Waals surface area contributed by atoms with Gasteiger partial charge in [-0.25, -0.2) is 4.98 Å². The van der Waals surface area contributed by atoms with E-state index in [2.05, 4.69) is 84.1 Å². The number of nitrogen functional groups attached to an aromatic ring is 1. The molecule has 7 N–H and O–H groups in total. The van der Waals surface area contributed by atoms with Gasteiger partial charge in [0.1, 0.15) is 47.6 Å². The summed E-state index contributed by atoms with van der Waals surface area (Å²) in [6.07, 6.45) is 5.09. The second-order valence-electron chi connectivity index (χ2n) is 19.0. The van der Waals surface area contributed by atoms with Crippen LogP contribution in [0.1, 0.15) is 115 Å². The lowest BCUT2D eigenvalue weighted by Crippen LogP contribution is -2.37. The Kier molecular flexibility index (Phi) is 13.5. The maximum absolute atomic E-state index is 12.6. The monoisotopic (exact) mass is 919 g/mol. The molecule has 9 rings (SSSR count). The van der Waals surface area contributed by atoms with Crippen LogP contribution in [0.15, 0.2) is 66.7 Å². The summed E-state index contributed by atoms with van der Waals surface area (Å²) < 4.78 is 26.0. The Labute approximate surface area is 400 Å². The van der Waals surface area contributed by atoms with Crippen LogP contribution >= 0.6 is 0 Å². The molecule has 356 valence electrons. The Morgan fingerprint density at radius 2 is 1.78 bits per heavy atom. The van der Waals surface area contributed by atoms with Crippen LogP contribution in [-0.4, -0.2) is 74.7 Å². The maximum Gasteiger partial charge on any atom is 0.302 e. The van der Waals surface area contributed by atoms with E-state index in [-0.39, 0.29) is 48.4 Å². The number of aromatic hydroxyl groups is 2. The first-order chi connectivity index (χ1) is 33.0. The highest BCUT2D eigenvalue weighted by molar-refractivity contribution is 5.84. The fraction of sp³-hybridized carbons (Fsp3) is 0.429. The Balaban J connectivity index is 1.29. The topological polar surface area (TPSA) is 169 Å². The second kappa shape index (κ2) is 19.7. The van der Waals surface area contributed by atoms with Gasteiger partial charge >= 0.3 is 5.97 Å². The number of fused-ring (bicyclic) bond motifs is 7. The van der Waals surface area contributed by atoms with E-state index in [4.69, 9.17) is 29.7 Å². The lowest BCUT2D eigenvalue weighted by molar-refractivity contribution is -0.141. The predicted octanol–water partition coefficient (Wildman–Crippen LogP) is 8.63. The van der Waals surface area contributed by atoms with Crippen LogP contribution < -0.4 is 35.9 Å². The first-order valence-corrected chi connectivity index (χ1v) is 24.3. The third-order valence-electron chi connectivity index (χ3n) is 14.8. The Morgan fingerprint density at radius 1 is 0.971 bits per heavy atom. The molecule has 4 bridgehead atoms. The summed E-state index contributed by atoms with van der Waals surface area (Å²) in [5.41, 5.74) is 18.1. The number of aryl methyl sites for hydroxylation is 2. The summed E-state index contributed by atoms with van der Waals surface area (Å²) in [4.78, 5) is 17.7. The fourth-order valence-corrected chi connectivity index (χ4v) is 11.9. The minimum Gasteiger partial charge on any atom is -0.508 e. The van der Waals surface area contributed by atoms with Gasteiger partial charge in [0.05, 0.1) is 13.0 Å². The molecule has 1 saturated carbocycles. The molecule has 3 heterocycles. The number of ether oxygens (including phenoxy) is 4. The highest BCUT2D eigenvalue weighted by atomic mass is 16.5. The largest absolute Gasteiger partial charge is 0.508 e. The number of para-hydroxylation sites is 1. The molecule has 1 aromatic heterocycles. The van der Waals surface area contributed by atoms with E-state index in [9.17, 15) is 15.0 Å². The van der Waals surface area contributed by atoms with Crippen molar-refractivity contribution in [1.29, 1.82) is 0 Å². The molecule has 5 aromatic rings. The molecule has 0 amide bonds. The van der Waals surface area contributed by atoms with Gasteiger partial charge in [0.25, 0.3) is 0 Å². The van der Waals surface area contributed by atoms with Crippen molar-refractivity contribution in [1.82, 2.24) is 15.6 Å². The number of aromatic nitrogens is 1. The number of phenols is 2. The Morgan fingerprint density at radius 3 is 2.53 bits per heavy atom. The van der Waals surface area contributed by atoms with E-state index in [1.54, 1.807) is 19.2 Å². The SMILES string of the molecule is CCNc1ccccc1CCC1c2cc(CC)c(N)nc2C#CCc2cc(O)c(OC(CNC)CNC)cc2C2Oc3c(ccc4c3C3(CCC1C3)Cc1cc(O)cc(OC)c1-4)C2COC(C)=O. The zero-order chi connectivity index (χ0) is 47.7. The van der Waals surface area contributed by atoms with Crippen LogP contribution in [0.3, 0.4) is 0 Å². The minimum atomic E-state index is -0.636. The van der Waals surface area contributed by atoms with Crippen LogP contribution in [0.5, 0.6) is 28.7 Å². The summed E-state index contributed by atoms with van der Waals surface area (Å²) in [7, 11) is 5.38. The van der Waals surface area contributed by atoms with Gasteiger partial charge in [-0.3, -0.25) is 4.79 Å². The number of carbonyl (C=O) groups is 1. The number of nitrogens with one attached hydrogen (secondary N) is 3. The molecule has 0 radical (unpaired) electrons. The van der Waals surface area contributed by atoms with E-state index in [1.165, 1.54) is 12.5 Å². The third-order valence-corrected chi connectivity index (χ3v) is 14.8. The first-order valence-electron chi connectivity index (χ1n) is 24.3. The number of phenolic OH excluding ortho intramolecular Hbond substituents is 2. The lowest BCUT2D eigenvalue weighted by Gasteiger charge is -2.40. The average Bonchev–Trinajstić information content (AvgIpc) is 3.91. The molecule has 1 spiro atoms. The number of esters is 1. The number of nitrogens with zero attached hydrogens (tertiary/aromatic N) is 1. The zero-order valence-electron chi connectivity index (χ0n) is 40.2. The summed E-state index contributed by atoms with van der Waals surface area (Å²) in [5.74, 6) is 8.86. The van der Waals surface area contributed by atoms with Crippen LogP contribution in [0.4, 0.5) is 11.5 Å². The number of carbonyl (C=O) groups excluding carboxylic acids is 1. The quantitative estimate of drug-likeness (QED) is 0.0438. The van der Waals surface area contributed by atoms with Crippen molar-refractivity contribution < 1.29 is 34.0 Å². The number of hydrogen-bond donors (Lipinski definition) is 6. The van der Waals surface area contributed by atoms with Gasteiger partial charge < -0.3 is 50.8 Å². The normalized spacial score (nSPS) is 20.7. The second-order valence-corrected chi connectivity index (χ2v) is 19.0. The number of benzene rings is 4. The molecule has 4 aliphatic rings. The van der Waals surface area contributed by atoms with Crippen LogP contribution in [0.25, 0.3) is 11.1 Å². The molecule has 12 nitrogen and oxygen atoms in total. The zero-order valence-corrected chi connectivity index (χ0v) is 40.2. The molecule has 1 fully saturated rings. The molecule has 12 heteroatoms. The Bertz CT molecular complexity index is 2770. The van der Waals surface area contributed by atoms with Gasteiger partial charge in [0, 0.05) is 72.4 Å². The van der Waals surface area contributed by atoms with Crippen LogP contribution in [0, 0.1) is 17.8 Å². The van der Waals surface area contributed by atoms with Crippen molar-refractivity contribution in [3.05, 3.63) is 117 Å². The van der Waals surface area contributed by atoms with E-state index in [1.807, 2.05) is 26.2 Å². The molecule has 5 unspecified atom stereocenters. The molecular formula is C56H65N5O7. The number of pyridine rings is 1. The van der Waals surface area contributed by atoms with Crippen molar-refractivity contribution in [2.45, 2.75) is 102 Å². The van der Waals surface area contributed by atoms with Crippen molar-refractivity contribution in [3.8, 4) is 51.7 Å². The van der Waals surface area contributed by atoms with Crippen molar-refractivity contribution in [3.63, 3.8) is 0 Å². The van der Waals surface area contributed by atoms with Gasteiger partial charge in [-0.2, -0.15) is 0 Å². The number of anilines is 2. The minimum absolute atomic E-state index is 0.0124. The van der Waals surface area contributed by atoms with Crippen LogP contribution in [0.2, 0.25) is 0 Å². The molecule has 2 aliphatic heterocycles. The van der Waals surface area contributed by atoms with Gasteiger partial charge in [0.2, 0.25) is 0 Å². The smallest absolute Gasteiger partial charge is 0.302 e. The van der Waals surface area contributed by atoms with Gasteiger partial charge in [-0.15, -0.1) is 0 Å². The molecule has 2 aliphatic carbocycles. The van der Waals surface area contributed by atoms with Crippen molar-refractivity contribution >= 4 is 17.5 Å². The molecule has 0 saturated heterocycles. The molecule has 68 heavy (non-hydrogen) atoms. The average molecular weight is 920 g/mol. The number of rotatable bonds is 15. The lowest BCUT2D eigenvalue weighted by atomic mass is 9.64. The third kappa shape index (κ3) is 8.78. The standard InChI is InChI=1S/C56H65N5O7/c1-7-33-23-44-40(17-16-34-12-9-10-14-46(34)60-8-2)36-20-21-56(27-36)28-37-22-38(63)25-50(65-6)51(37)42-19-18-41-45(31-66-32(3)62)53(68-54(41)52(42)56)43-26-49(67-39(29-58-4)30-59-5)48(64)24-35(43)13-11-15-47(44)61-55(33)57/h9-10,12,14,18-19,22-26,36,39-40,45,53,58-60,63-64H,7-8,13,16-17,20-21,27-31H2,1-6H3,(H2,57,61). The van der Waals surface area contributed by atoms with E-state index in [0.717, 1.165) is 107 Å². The molecule has 5 atom stereocenters. The first kappa shape index (κ1) is 46.7. The number of likely N-dealkylation sites (N-methyl/N-ethyl adjacent to an activating group) is 2. The fourth-order valence-electron chi connectivity index (χ4n) is 11.9. The number of hydrogen-bond acceptors (Lipinski definition) is 12. The summed E-state index contributed by atoms with van der Waals surface area (Å²) in [6.45, 7) is 7.66. The summed E-state index contributed by atoms with van der Waals surface area (Å²) in [6, 6.07) is 22.4. The van der Waals surface area contributed by atoms with Gasteiger partial charge in [-0.05, 0) is 147 Å². The summed E-state index contributed by atoms with van der Waals surface area (Å²) in [5, 5.41) is 32.9.